The lowest BCUT2D eigenvalue weighted by Gasteiger charge is -2.34. The minimum atomic E-state index is 0.855. The van der Waals surface area contributed by atoms with Crippen molar-refractivity contribution in [2.45, 2.75) is 13.8 Å². The molecule has 2 aromatic carbocycles. The van der Waals surface area contributed by atoms with E-state index in [1.54, 1.807) is 17.7 Å². The van der Waals surface area contributed by atoms with E-state index in [1.165, 1.54) is 27.9 Å². The number of fused-ring (bicyclic) bond motifs is 1. The van der Waals surface area contributed by atoms with Gasteiger partial charge in [0.05, 0.1) is 5.39 Å². The molecule has 1 aliphatic rings. The highest BCUT2D eigenvalue weighted by Crippen LogP contribution is 2.39. The molecule has 0 radical (unpaired) electrons. The molecule has 1 saturated heterocycles. The molecule has 0 aliphatic carbocycles. The number of aryl methyl sites for hydroxylation is 2. The maximum Gasteiger partial charge on any atom is 0.143 e. The van der Waals surface area contributed by atoms with Crippen molar-refractivity contribution >= 4 is 38.7 Å². The van der Waals surface area contributed by atoms with Crippen molar-refractivity contribution in [3.05, 3.63) is 65.3 Å². The van der Waals surface area contributed by atoms with Gasteiger partial charge in [0.1, 0.15) is 17.0 Å². The van der Waals surface area contributed by atoms with Gasteiger partial charge in [-0.05, 0) is 56.3 Å². The molecule has 3 heterocycles. The first-order valence-corrected chi connectivity index (χ1v) is 11.6. The highest BCUT2D eigenvalue weighted by molar-refractivity contribution is 7.17. The standard InChI is InChI=1S/C25H27N5S/c1-17-4-9-21(18(2)14-17)22-15-31-25-23(22)24(26-16-27-25)28-19-5-7-20(8-6-19)30-12-10-29(3)11-13-30/h4-9,14-16H,10-13H2,1-3H3,(H,26,27,28). The van der Waals surface area contributed by atoms with E-state index in [-0.39, 0.29) is 0 Å². The van der Waals surface area contributed by atoms with E-state index in [9.17, 15) is 0 Å². The van der Waals surface area contributed by atoms with E-state index in [0.29, 0.717) is 0 Å². The number of piperazine rings is 1. The van der Waals surface area contributed by atoms with E-state index in [4.69, 9.17) is 0 Å². The Kier molecular flexibility index (Phi) is 5.34. The fourth-order valence-corrected chi connectivity index (χ4v) is 5.15. The molecule has 158 valence electrons. The summed E-state index contributed by atoms with van der Waals surface area (Å²) >= 11 is 1.67. The van der Waals surface area contributed by atoms with E-state index in [1.807, 2.05) is 0 Å². The third-order valence-electron chi connectivity index (χ3n) is 6.04. The van der Waals surface area contributed by atoms with Crippen LogP contribution in [0.2, 0.25) is 0 Å². The third-order valence-corrected chi connectivity index (χ3v) is 6.93. The number of hydrogen-bond donors (Lipinski definition) is 1. The van der Waals surface area contributed by atoms with Crippen LogP contribution in [-0.2, 0) is 0 Å². The SMILES string of the molecule is Cc1ccc(-c2csc3ncnc(Nc4ccc(N5CCN(C)CC5)cc4)c23)c(C)c1. The fourth-order valence-electron chi connectivity index (χ4n) is 4.24. The smallest absolute Gasteiger partial charge is 0.143 e. The van der Waals surface area contributed by atoms with Crippen molar-refractivity contribution < 1.29 is 0 Å². The lowest BCUT2D eigenvalue weighted by molar-refractivity contribution is 0.313. The molecule has 5 rings (SSSR count). The zero-order chi connectivity index (χ0) is 21.4. The van der Waals surface area contributed by atoms with Gasteiger partial charge in [0.25, 0.3) is 0 Å². The molecule has 4 aromatic rings. The molecule has 0 bridgehead atoms. The second-order valence-electron chi connectivity index (χ2n) is 8.33. The van der Waals surface area contributed by atoms with Crippen LogP contribution in [0.25, 0.3) is 21.3 Å². The van der Waals surface area contributed by atoms with Gasteiger partial charge in [-0.15, -0.1) is 11.3 Å². The molecule has 1 fully saturated rings. The minimum absolute atomic E-state index is 0.855. The number of aromatic nitrogens is 2. The number of benzene rings is 2. The van der Waals surface area contributed by atoms with Crippen LogP contribution in [0.4, 0.5) is 17.2 Å². The molecule has 5 nitrogen and oxygen atoms in total. The molecule has 0 saturated carbocycles. The first-order chi connectivity index (χ1) is 15.1. The van der Waals surface area contributed by atoms with Crippen molar-refractivity contribution in [2.24, 2.45) is 0 Å². The number of likely N-dealkylation sites (N-methyl/N-ethyl adjacent to an activating group) is 1. The molecule has 31 heavy (non-hydrogen) atoms. The van der Waals surface area contributed by atoms with Gasteiger partial charge in [-0.1, -0.05) is 23.8 Å². The van der Waals surface area contributed by atoms with E-state index in [0.717, 1.165) is 47.9 Å². The predicted molar refractivity (Wildman–Crippen MR) is 132 cm³/mol. The highest BCUT2D eigenvalue weighted by Gasteiger charge is 2.16. The van der Waals surface area contributed by atoms with Crippen molar-refractivity contribution in [1.29, 1.82) is 0 Å². The van der Waals surface area contributed by atoms with Gasteiger partial charge in [0.15, 0.2) is 0 Å². The number of anilines is 3. The van der Waals surface area contributed by atoms with Crippen molar-refractivity contribution in [3.63, 3.8) is 0 Å². The number of hydrogen-bond acceptors (Lipinski definition) is 6. The van der Waals surface area contributed by atoms with Crippen LogP contribution in [0, 0.1) is 13.8 Å². The lowest BCUT2D eigenvalue weighted by atomic mass is 9.99. The first-order valence-electron chi connectivity index (χ1n) is 10.7. The van der Waals surface area contributed by atoms with Crippen LogP contribution < -0.4 is 10.2 Å². The molecule has 0 spiro atoms. The fraction of sp³-hybridized carbons (Fsp3) is 0.280. The van der Waals surface area contributed by atoms with E-state index >= 15 is 0 Å². The Morgan fingerprint density at radius 1 is 0.903 bits per heavy atom. The van der Waals surface area contributed by atoms with Gasteiger partial charge in [-0.2, -0.15) is 0 Å². The number of nitrogens with one attached hydrogen (secondary N) is 1. The molecular formula is C25H27N5S. The Morgan fingerprint density at radius 2 is 1.68 bits per heavy atom. The monoisotopic (exact) mass is 429 g/mol. The van der Waals surface area contributed by atoms with E-state index in [2.05, 4.69) is 93.8 Å². The van der Waals surface area contributed by atoms with Crippen LogP contribution in [-0.4, -0.2) is 48.1 Å². The zero-order valence-corrected chi connectivity index (χ0v) is 19.0. The zero-order valence-electron chi connectivity index (χ0n) is 18.2. The first kappa shape index (κ1) is 20.0. The molecule has 6 heteroatoms. The summed E-state index contributed by atoms with van der Waals surface area (Å²) in [5, 5.41) is 6.82. The van der Waals surface area contributed by atoms with Gasteiger partial charge < -0.3 is 15.1 Å². The highest BCUT2D eigenvalue weighted by atomic mass is 32.1. The molecule has 1 aliphatic heterocycles. The van der Waals surface area contributed by atoms with Crippen molar-refractivity contribution in [1.82, 2.24) is 14.9 Å². The molecule has 2 aromatic heterocycles. The summed E-state index contributed by atoms with van der Waals surface area (Å²) < 4.78 is 0. The largest absolute Gasteiger partial charge is 0.369 e. The summed E-state index contributed by atoms with van der Waals surface area (Å²) in [4.78, 5) is 14.9. The molecular weight excluding hydrogens is 402 g/mol. The Hall–Kier alpha value is -2.96. The molecule has 0 amide bonds. The van der Waals surface area contributed by atoms with Gasteiger partial charge in [0, 0.05) is 48.5 Å². The molecule has 0 unspecified atom stereocenters. The maximum atomic E-state index is 4.60. The Labute approximate surface area is 187 Å². The predicted octanol–water partition coefficient (Wildman–Crippen LogP) is 5.47. The average Bonchev–Trinajstić information content (AvgIpc) is 3.20. The third kappa shape index (κ3) is 4.01. The van der Waals surface area contributed by atoms with Crippen LogP contribution in [0.3, 0.4) is 0 Å². The van der Waals surface area contributed by atoms with Crippen LogP contribution in [0.5, 0.6) is 0 Å². The van der Waals surface area contributed by atoms with Gasteiger partial charge in [0.2, 0.25) is 0 Å². The number of rotatable bonds is 4. The van der Waals surface area contributed by atoms with Gasteiger partial charge in [-0.25, -0.2) is 9.97 Å². The Morgan fingerprint density at radius 3 is 2.42 bits per heavy atom. The summed E-state index contributed by atoms with van der Waals surface area (Å²) in [6, 6.07) is 15.3. The Balaban J connectivity index is 1.45. The van der Waals surface area contributed by atoms with Gasteiger partial charge in [-0.3, -0.25) is 0 Å². The van der Waals surface area contributed by atoms with Crippen molar-refractivity contribution in [3.8, 4) is 11.1 Å². The lowest BCUT2D eigenvalue weighted by Crippen LogP contribution is -2.44. The van der Waals surface area contributed by atoms with E-state index < -0.39 is 0 Å². The topological polar surface area (TPSA) is 44.3 Å². The summed E-state index contributed by atoms with van der Waals surface area (Å²) in [7, 11) is 2.18. The minimum Gasteiger partial charge on any atom is -0.369 e. The number of thiophene rings is 1. The normalized spacial score (nSPS) is 14.9. The van der Waals surface area contributed by atoms with Crippen LogP contribution in [0.15, 0.2) is 54.2 Å². The Bertz CT molecular complexity index is 1210. The van der Waals surface area contributed by atoms with Gasteiger partial charge >= 0.3 is 0 Å². The summed E-state index contributed by atoms with van der Waals surface area (Å²) in [6.07, 6.45) is 1.64. The summed E-state index contributed by atoms with van der Waals surface area (Å²) in [5.74, 6) is 0.855. The van der Waals surface area contributed by atoms with Crippen LogP contribution in [0.1, 0.15) is 11.1 Å². The average molecular weight is 430 g/mol. The number of nitrogens with zero attached hydrogens (tertiary/aromatic N) is 4. The van der Waals surface area contributed by atoms with Crippen molar-refractivity contribution in [2.75, 3.05) is 43.4 Å². The summed E-state index contributed by atoms with van der Waals surface area (Å²) in [5.41, 5.74) is 7.28. The molecule has 1 N–H and O–H groups in total. The second kappa shape index (κ2) is 8.29. The quantitative estimate of drug-likeness (QED) is 0.466. The van der Waals surface area contributed by atoms with Crippen LogP contribution >= 0.6 is 11.3 Å². The second-order valence-corrected chi connectivity index (χ2v) is 9.19. The summed E-state index contributed by atoms with van der Waals surface area (Å²) in [6.45, 7) is 8.66. The molecule has 0 atom stereocenters. The maximum absolute atomic E-state index is 4.60.